The first-order chi connectivity index (χ1) is 9.22. The van der Waals surface area contributed by atoms with Crippen molar-refractivity contribution in [1.29, 1.82) is 0 Å². The van der Waals surface area contributed by atoms with Crippen LogP contribution < -0.4 is 5.73 Å². The topological polar surface area (TPSA) is 78.0 Å². The van der Waals surface area contributed by atoms with Crippen LogP contribution >= 0.6 is 23.2 Å². The van der Waals surface area contributed by atoms with Gasteiger partial charge in [-0.3, -0.25) is 4.68 Å². The molecule has 0 saturated carbocycles. The number of nitrogens with two attached hydrogens (primary N) is 1. The van der Waals surface area contributed by atoms with Gasteiger partial charge in [0, 0.05) is 12.1 Å². The molecule has 1 aromatic carbocycles. The third-order valence-electron chi connectivity index (χ3n) is 2.90. The van der Waals surface area contributed by atoms with Crippen LogP contribution in [-0.2, 0) is 22.6 Å². The van der Waals surface area contributed by atoms with Crippen LogP contribution in [0, 0.1) is 6.92 Å². The van der Waals surface area contributed by atoms with Crippen LogP contribution in [0.25, 0.3) is 0 Å². The molecule has 0 atom stereocenters. The fourth-order valence-corrected chi connectivity index (χ4v) is 3.92. The van der Waals surface area contributed by atoms with Crippen molar-refractivity contribution in [2.24, 2.45) is 7.05 Å². The van der Waals surface area contributed by atoms with Crippen LogP contribution in [0.4, 0.5) is 5.69 Å². The lowest BCUT2D eigenvalue weighted by molar-refractivity contribution is 0.592. The van der Waals surface area contributed by atoms with E-state index in [1.807, 2.05) is 0 Å². The van der Waals surface area contributed by atoms with Crippen LogP contribution in [0.2, 0.25) is 10.0 Å². The Morgan fingerprint density at radius 2 is 2.00 bits per heavy atom. The van der Waals surface area contributed by atoms with Crippen molar-refractivity contribution in [3.63, 3.8) is 0 Å². The molecule has 0 radical (unpaired) electrons. The minimum Gasteiger partial charge on any atom is -0.398 e. The van der Waals surface area contributed by atoms with Gasteiger partial charge in [-0.1, -0.05) is 23.2 Å². The van der Waals surface area contributed by atoms with Gasteiger partial charge in [0.2, 0.25) is 0 Å². The van der Waals surface area contributed by atoms with Crippen LogP contribution in [-0.4, -0.2) is 18.2 Å². The SMILES string of the molecule is Cc1nn(C)c(CS(=O)(=O)c2ccc(Cl)cc2N)c1Cl. The van der Waals surface area contributed by atoms with Crippen LogP contribution in [0.5, 0.6) is 0 Å². The highest BCUT2D eigenvalue weighted by molar-refractivity contribution is 7.90. The average Bonchev–Trinajstić information content (AvgIpc) is 2.55. The minimum absolute atomic E-state index is 0.0387. The summed E-state index contributed by atoms with van der Waals surface area (Å²) in [4.78, 5) is 0.0387. The molecule has 0 aliphatic rings. The maximum atomic E-state index is 12.4. The Morgan fingerprint density at radius 3 is 2.50 bits per heavy atom. The molecule has 108 valence electrons. The largest absolute Gasteiger partial charge is 0.398 e. The number of sulfone groups is 1. The molecule has 0 unspecified atom stereocenters. The zero-order chi connectivity index (χ0) is 15.1. The predicted octanol–water partition coefficient (Wildman–Crippen LogP) is 2.59. The molecule has 1 aromatic heterocycles. The van der Waals surface area contributed by atoms with E-state index in [9.17, 15) is 8.42 Å². The number of hydrogen-bond acceptors (Lipinski definition) is 4. The fourth-order valence-electron chi connectivity index (χ4n) is 1.90. The number of benzene rings is 1. The number of nitrogen functional groups attached to an aromatic ring is 1. The van der Waals surface area contributed by atoms with Gasteiger partial charge in [-0.2, -0.15) is 5.10 Å². The van der Waals surface area contributed by atoms with E-state index in [-0.39, 0.29) is 16.3 Å². The Bertz CT molecular complexity index is 769. The summed E-state index contributed by atoms with van der Waals surface area (Å²) in [6.45, 7) is 1.72. The number of halogens is 2. The van der Waals surface area contributed by atoms with Gasteiger partial charge in [-0.25, -0.2) is 8.42 Å². The molecular weight excluding hydrogens is 321 g/mol. The van der Waals surface area contributed by atoms with E-state index >= 15 is 0 Å². The van der Waals surface area contributed by atoms with Crippen LogP contribution in [0.3, 0.4) is 0 Å². The average molecular weight is 334 g/mol. The number of hydrogen-bond donors (Lipinski definition) is 1. The predicted molar refractivity (Wildman–Crippen MR) is 79.7 cm³/mol. The normalized spacial score (nSPS) is 11.8. The highest BCUT2D eigenvalue weighted by Crippen LogP contribution is 2.28. The monoisotopic (exact) mass is 333 g/mol. The van der Waals surface area contributed by atoms with Gasteiger partial charge in [-0.15, -0.1) is 0 Å². The lowest BCUT2D eigenvalue weighted by atomic mass is 10.3. The van der Waals surface area contributed by atoms with E-state index in [1.54, 1.807) is 14.0 Å². The van der Waals surface area contributed by atoms with Gasteiger partial charge in [0.1, 0.15) is 0 Å². The molecule has 2 aromatic rings. The van der Waals surface area contributed by atoms with Gasteiger partial charge >= 0.3 is 0 Å². The van der Waals surface area contributed by atoms with E-state index in [2.05, 4.69) is 5.10 Å². The van der Waals surface area contributed by atoms with E-state index in [4.69, 9.17) is 28.9 Å². The van der Waals surface area contributed by atoms with E-state index in [0.717, 1.165) is 0 Å². The van der Waals surface area contributed by atoms with Crippen LogP contribution in [0.1, 0.15) is 11.4 Å². The third kappa shape index (κ3) is 2.77. The summed E-state index contributed by atoms with van der Waals surface area (Å²) in [5.41, 5.74) is 6.86. The van der Waals surface area contributed by atoms with Crippen LogP contribution in [0.15, 0.2) is 23.1 Å². The minimum atomic E-state index is -3.62. The second-order valence-electron chi connectivity index (χ2n) is 4.41. The quantitative estimate of drug-likeness (QED) is 0.875. The second-order valence-corrected chi connectivity index (χ2v) is 7.18. The Balaban J connectivity index is 2.46. The summed E-state index contributed by atoms with van der Waals surface area (Å²) < 4.78 is 26.3. The summed E-state index contributed by atoms with van der Waals surface area (Å²) in [6, 6.07) is 4.29. The lowest BCUT2D eigenvalue weighted by Gasteiger charge is -2.08. The van der Waals surface area contributed by atoms with Crippen molar-refractivity contribution in [3.05, 3.63) is 39.6 Å². The third-order valence-corrected chi connectivity index (χ3v) is 5.32. The highest BCUT2D eigenvalue weighted by Gasteiger charge is 2.23. The number of aromatic nitrogens is 2. The summed E-state index contributed by atoms with van der Waals surface area (Å²) in [5.74, 6) is -0.269. The maximum absolute atomic E-state index is 12.4. The summed E-state index contributed by atoms with van der Waals surface area (Å²) in [7, 11) is -1.97. The maximum Gasteiger partial charge on any atom is 0.186 e. The molecular formula is C12H13Cl2N3O2S. The number of anilines is 1. The molecule has 0 amide bonds. The van der Waals surface area contributed by atoms with Gasteiger partial charge in [0.05, 0.1) is 32.7 Å². The zero-order valence-corrected chi connectivity index (χ0v) is 13.2. The van der Waals surface area contributed by atoms with Gasteiger partial charge < -0.3 is 5.73 Å². The highest BCUT2D eigenvalue weighted by atomic mass is 35.5. The summed E-state index contributed by atoms with van der Waals surface area (Å²) >= 11 is 11.8. The lowest BCUT2D eigenvalue weighted by Crippen LogP contribution is -2.11. The molecule has 2 N–H and O–H groups in total. The molecule has 2 rings (SSSR count). The molecule has 0 aliphatic carbocycles. The van der Waals surface area contributed by atoms with E-state index in [0.29, 0.717) is 21.4 Å². The molecule has 0 aliphatic heterocycles. The van der Waals surface area contributed by atoms with Crippen molar-refractivity contribution in [2.75, 3.05) is 5.73 Å². The Morgan fingerprint density at radius 1 is 1.35 bits per heavy atom. The van der Waals surface area contributed by atoms with Crippen molar-refractivity contribution in [1.82, 2.24) is 9.78 Å². The second kappa shape index (κ2) is 5.27. The molecule has 1 heterocycles. The standard InChI is InChI=1S/C12H13Cl2N3O2S/c1-7-12(14)10(17(2)16-7)6-20(18,19)11-4-3-8(13)5-9(11)15/h3-5H,6,15H2,1-2H3. The molecule has 8 heteroatoms. The Hall–Kier alpha value is -1.24. The number of rotatable bonds is 3. The molecule has 20 heavy (non-hydrogen) atoms. The summed E-state index contributed by atoms with van der Waals surface area (Å²) in [6.07, 6.45) is 0. The molecule has 0 saturated heterocycles. The fraction of sp³-hybridized carbons (Fsp3) is 0.250. The van der Waals surface area contributed by atoms with Gasteiger partial charge in [0.25, 0.3) is 0 Å². The molecule has 5 nitrogen and oxygen atoms in total. The van der Waals surface area contributed by atoms with Gasteiger partial charge in [-0.05, 0) is 25.1 Å². The van der Waals surface area contributed by atoms with Crippen molar-refractivity contribution >= 4 is 38.7 Å². The first-order valence-electron chi connectivity index (χ1n) is 5.68. The van der Waals surface area contributed by atoms with E-state index in [1.165, 1.54) is 22.9 Å². The Kier molecular flexibility index (Phi) is 4.00. The van der Waals surface area contributed by atoms with Gasteiger partial charge in [0.15, 0.2) is 9.84 Å². The smallest absolute Gasteiger partial charge is 0.186 e. The number of aryl methyl sites for hydroxylation is 2. The Labute approximate surface area is 127 Å². The molecule has 0 fully saturated rings. The van der Waals surface area contributed by atoms with E-state index < -0.39 is 9.84 Å². The van der Waals surface area contributed by atoms with Crippen molar-refractivity contribution < 1.29 is 8.42 Å². The number of nitrogens with zero attached hydrogens (tertiary/aromatic N) is 2. The first-order valence-corrected chi connectivity index (χ1v) is 8.09. The first kappa shape index (κ1) is 15.2. The molecule has 0 spiro atoms. The van der Waals surface area contributed by atoms with Crippen molar-refractivity contribution in [2.45, 2.75) is 17.6 Å². The molecule has 0 bridgehead atoms. The summed E-state index contributed by atoms with van der Waals surface area (Å²) in [5, 5.41) is 4.83. The van der Waals surface area contributed by atoms with Crippen molar-refractivity contribution in [3.8, 4) is 0 Å². The zero-order valence-electron chi connectivity index (χ0n) is 10.9.